The molecule has 1 aromatic heterocycles. The normalized spacial score (nSPS) is 10.5. The van der Waals surface area contributed by atoms with Gasteiger partial charge >= 0.3 is 0 Å². The summed E-state index contributed by atoms with van der Waals surface area (Å²) in [6.45, 7) is 6.65. The monoisotopic (exact) mass is 254 g/mol. The molecule has 1 aromatic rings. The second-order valence-corrected chi connectivity index (χ2v) is 4.62. The number of anilines is 1. The van der Waals surface area contributed by atoms with E-state index in [2.05, 4.69) is 35.9 Å². The molecule has 0 spiro atoms. The van der Waals surface area contributed by atoms with E-state index in [4.69, 9.17) is 11.6 Å². The molecule has 0 saturated carbocycles. The molecule has 1 rings (SSSR count). The number of halogens is 1. The lowest BCUT2D eigenvalue weighted by Crippen LogP contribution is -2.26. The average Bonchev–Trinajstić information content (AvgIpc) is 2.39. The maximum Gasteiger partial charge on any atom is 0.128 e. The van der Waals surface area contributed by atoms with Gasteiger partial charge in [0.25, 0.3) is 0 Å². The number of alkyl halides is 1. The maximum absolute atomic E-state index is 5.77. The third-order valence-electron chi connectivity index (χ3n) is 2.85. The third-order valence-corrected chi connectivity index (χ3v) is 3.16. The summed E-state index contributed by atoms with van der Waals surface area (Å²) in [5, 5.41) is 0. The maximum atomic E-state index is 5.77. The molecule has 0 N–H and O–H groups in total. The lowest BCUT2D eigenvalue weighted by Gasteiger charge is -2.23. The van der Waals surface area contributed by atoms with E-state index in [9.17, 15) is 0 Å². The summed E-state index contributed by atoms with van der Waals surface area (Å²) in [5.41, 5.74) is 1.08. The van der Waals surface area contributed by atoms with Crippen molar-refractivity contribution in [2.75, 3.05) is 18.0 Å². The zero-order valence-corrected chi connectivity index (χ0v) is 11.7. The summed E-state index contributed by atoms with van der Waals surface area (Å²) in [4.78, 5) is 6.88. The van der Waals surface area contributed by atoms with Gasteiger partial charge in [-0.25, -0.2) is 4.98 Å². The highest BCUT2D eigenvalue weighted by Crippen LogP contribution is 2.14. The van der Waals surface area contributed by atoms with Crippen molar-refractivity contribution in [2.45, 2.75) is 45.4 Å². The Morgan fingerprint density at radius 1 is 1.12 bits per heavy atom. The van der Waals surface area contributed by atoms with Crippen molar-refractivity contribution in [3.05, 3.63) is 23.9 Å². The standard InChI is InChI=1S/C14H23ClN2/c1-3-5-9-17(10-6-4-2)14-8-7-13(11-15)12-16-14/h7-8,12H,3-6,9-11H2,1-2H3. The van der Waals surface area contributed by atoms with Crippen molar-refractivity contribution in [1.29, 1.82) is 0 Å². The van der Waals surface area contributed by atoms with Gasteiger partial charge in [0.1, 0.15) is 5.82 Å². The molecule has 17 heavy (non-hydrogen) atoms. The largest absolute Gasteiger partial charge is 0.357 e. The van der Waals surface area contributed by atoms with Gasteiger partial charge in [0.05, 0.1) is 0 Å². The topological polar surface area (TPSA) is 16.1 Å². The minimum absolute atomic E-state index is 0.539. The molecule has 0 bridgehead atoms. The quantitative estimate of drug-likeness (QED) is 0.646. The fourth-order valence-corrected chi connectivity index (χ4v) is 1.88. The minimum Gasteiger partial charge on any atom is -0.357 e. The Morgan fingerprint density at radius 2 is 1.76 bits per heavy atom. The Bertz CT molecular complexity index is 290. The van der Waals surface area contributed by atoms with E-state index in [0.717, 1.165) is 24.5 Å². The highest BCUT2D eigenvalue weighted by atomic mass is 35.5. The molecule has 0 saturated heterocycles. The molecule has 0 aliphatic heterocycles. The van der Waals surface area contributed by atoms with Crippen molar-refractivity contribution < 1.29 is 0 Å². The molecule has 0 aliphatic rings. The Morgan fingerprint density at radius 3 is 2.18 bits per heavy atom. The van der Waals surface area contributed by atoms with Gasteiger partial charge in [-0.1, -0.05) is 32.8 Å². The van der Waals surface area contributed by atoms with Crippen LogP contribution < -0.4 is 4.90 Å². The van der Waals surface area contributed by atoms with Crippen LogP contribution in [-0.4, -0.2) is 18.1 Å². The molecule has 0 amide bonds. The van der Waals surface area contributed by atoms with Crippen molar-refractivity contribution in [1.82, 2.24) is 4.98 Å². The molecule has 0 radical (unpaired) electrons. The number of hydrogen-bond acceptors (Lipinski definition) is 2. The van der Waals surface area contributed by atoms with Gasteiger partial charge in [-0.3, -0.25) is 0 Å². The number of rotatable bonds is 8. The fourth-order valence-electron chi connectivity index (χ4n) is 1.72. The van der Waals surface area contributed by atoms with Crippen LogP contribution in [-0.2, 0) is 5.88 Å². The van der Waals surface area contributed by atoms with Crippen molar-refractivity contribution in [3.63, 3.8) is 0 Å². The van der Waals surface area contributed by atoms with Gasteiger partial charge < -0.3 is 4.90 Å². The molecule has 0 aliphatic carbocycles. The first kappa shape index (κ1) is 14.3. The molecule has 96 valence electrons. The van der Waals surface area contributed by atoms with E-state index >= 15 is 0 Å². The van der Waals surface area contributed by atoms with Crippen LogP contribution in [0.4, 0.5) is 5.82 Å². The molecule has 2 nitrogen and oxygen atoms in total. The van der Waals surface area contributed by atoms with Gasteiger partial charge in [0.15, 0.2) is 0 Å². The molecule has 0 aromatic carbocycles. The zero-order valence-electron chi connectivity index (χ0n) is 11.0. The summed E-state index contributed by atoms with van der Waals surface area (Å²) in [6.07, 6.45) is 6.78. The molecule has 0 atom stereocenters. The molecule has 0 fully saturated rings. The van der Waals surface area contributed by atoms with Gasteiger partial charge in [0, 0.05) is 25.2 Å². The van der Waals surface area contributed by atoms with Crippen LogP contribution >= 0.6 is 11.6 Å². The minimum atomic E-state index is 0.539. The number of nitrogens with zero attached hydrogens (tertiary/aromatic N) is 2. The summed E-state index contributed by atoms with van der Waals surface area (Å²) >= 11 is 5.77. The van der Waals surface area contributed by atoms with E-state index < -0.39 is 0 Å². The second kappa shape index (κ2) is 8.35. The van der Waals surface area contributed by atoms with E-state index in [1.54, 1.807) is 0 Å². The van der Waals surface area contributed by atoms with Crippen LogP contribution in [0.15, 0.2) is 18.3 Å². The first-order valence-corrected chi connectivity index (χ1v) is 7.11. The first-order valence-electron chi connectivity index (χ1n) is 6.57. The van der Waals surface area contributed by atoms with Gasteiger partial charge in [0.2, 0.25) is 0 Å². The second-order valence-electron chi connectivity index (χ2n) is 4.35. The average molecular weight is 255 g/mol. The molecular weight excluding hydrogens is 232 g/mol. The van der Waals surface area contributed by atoms with Crippen LogP contribution in [0.2, 0.25) is 0 Å². The molecule has 0 unspecified atom stereocenters. The molecular formula is C14H23ClN2. The number of aromatic nitrogens is 1. The van der Waals surface area contributed by atoms with Gasteiger partial charge in [-0.2, -0.15) is 0 Å². The summed E-state index contributed by atoms with van der Waals surface area (Å²) in [5.74, 6) is 1.62. The Kier molecular flexibility index (Phi) is 7.02. The predicted molar refractivity (Wildman–Crippen MR) is 75.8 cm³/mol. The van der Waals surface area contributed by atoms with E-state index in [-0.39, 0.29) is 0 Å². The SMILES string of the molecule is CCCCN(CCCC)c1ccc(CCl)cn1. The molecule has 1 heterocycles. The Balaban J connectivity index is 2.65. The summed E-state index contributed by atoms with van der Waals surface area (Å²) in [7, 11) is 0. The van der Waals surface area contributed by atoms with E-state index in [1.165, 1.54) is 25.7 Å². The smallest absolute Gasteiger partial charge is 0.128 e. The summed E-state index contributed by atoms with van der Waals surface area (Å²) < 4.78 is 0. The van der Waals surface area contributed by atoms with Crippen LogP contribution in [0.3, 0.4) is 0 Å². The van der Waals surface area contributed by atoms with Gasteiger partial charge in [-0.15, -0.1) is 11.6 Å². The molecule has 3 heteroatoms. The lowest BCUT2D eigenvalue weighted by molar-refractivity contribution is 0.671. The Hall–Kier alpha value is -0.760. The van der Waals surface area contributed by atoms with Gasteiger partial charge in [-0.05, 0) is 24.5 Å². The zero-order chi connectivity index (χ0) is 12.5. The fraction of sp³-hybridized carbons (Fsp3) is 0.643. The van der Waals surface area contributed by atoms with E-state index in [1.807, 2.05) is 6.20 Å². The highest BCUT2D eigenvalue weighted by molar-refractivity contribution is 6.17. The number of unbranched alkanes of at least 4 members (excludes halogenated alkanes) is 2. The van der Waals surface area contributed by atoms with Crippen LogP contribution in [0.25, 0.3) is 0 Å². The Labute approximate surface area is 110 Å². The predicted octanol–water partition coefficient (Wildman–Crippen LogP) is 4.23. The van der Waals surface area contributed by atoms with Crippen molar-refractivity contribution in [3.8, 4) is 0 Å². The number of pyridine rings is 1. The third kappa shape index (κ3) is 4.95. The lowest BCUT2D eigenvalue weighted by atomic mass is 10.2. The van der Waals surface area contributed by atoms with Crippen LogP contribution in [0.5, 0.6) is 0 Å². The van der Waals surface area contributed by atoms with Crippen LogP contribution in [0.1, 0.15) is 45.1 Å². The highest BCUT2D eigenvalue weighted by Gasteiger charge is 2.06. The van der Waals surface area contributed by atoms with Crippen molar-refractivity contribution >= 4 is 17.4 Å². The van der Waals surface area contributed by atoms with Crippen molar-refractivity contribution in [2.24, 2.45) is 0 Å². The number of hydrogen-bond donors (Lipinski definition) is 0. The summed E-state index contributed by atoms with van der Waals surface area (Å²) in [6, 6.07) is 4.16. The van der Waals surface area contributed by atoms with Crippen LogP contribution in [0, 0.1) is 0 Å². The van der Waals surface area contributed by atoms with E-state index in [0.29, 0.717) is 5.88 Å². The first-order chi connectivity index (χ1) is 8.31.